The van der Waals surface area contributed by atoms with Crippen LogP contribution in [0, 0.1) is 13.8 Å². The van der Waals surface area contributed by atoms with Crippen molar-refractivity contribution < 1.29 is 4.79 Å². The molecule has 0 aliphatic rings. The minimum absolute atomic E-state index is 0.0587. The summed E-state index contributed by atoms with van der Waals surface area (Å²) in [6.07, 6.45) is 1.91. The monoisotopic (exact) mass is 387 g/mol. The molecule has 0 radical (unpaired) electrons. The normalized spacial score (nSPS) is 10.8. The number of nitrogens with zero attached hydrogens (tertiary/aromatic N) is 2. The summed E-state index contributed by atoms with van der Waals surface area (Å²) < 4.78 is 1.93. The Balaban J connectivity index is 1.50. The number of carbonyl (C=O) groups excluding carboxylic acids is 1. The lowest BCUT2D eigenvalue weighted by atomic mass is 10.1. The van der Waals surface area contributed by atoms with Crippen molar-refractivity contribution in [2.75, 3.05) is 5.32 Å². The van der Waals surface area contributed by atoms with Crippen molar-refractivity contribution in [2.45, 2.75) is 20.4 Å². The maximum absolute atomic E-state index is 12.5. The lowest BCUT2D eigenvalue weighted by molar-refractivity contribution is -0.116. The molecule has 4 rings (SSSR count). The molecule has 4 aromatic rings. The predicted molar refractivity (Wildman–Crippen MR) is 116 cm³/mol. The summed E-state index contributed by atoms with van der Waals surface area (Å²) in [6.45, 7) is 4.34. The number of carbonyl (C=O) groups is 1. The van der Waals surface area contributed by atoms with Gasteiger partial charge < -0.3 is 9.88 Å². The van der Waals surface area contributed by atoms with Crippen molar-refractivity contribution in [1.29, 1.82) is 0 Å². The maximum Gasteiger partial charge on any atom is 0.244 e. The van der Waals surface area contributed by atoms with Gasteiger partial charge in [-0.05, 0) is 38.1 Å². The first-order valence-corrected chi connectivity index (χ1v) is 10.0. The van der Waals surface area contributed by atoms with Gasteiger partial charge in [0, 0.05) is 22.8 Å². The van der Waals surface area contributed by atoms with Gasteiger partial charge in [0.25, 0.3) is 0 Å². The van der Waals surface area contributed by atoms with E-state index in [9.17, 15) is 4.79 Å². The van der Waals surface area contributed by atoms with Crippen LogP contribution in [0.4, 0.5) is 5.69 Å². The molecule has 0 aliphatic carbocycles. The van der Waals surface area contributed by atoms with E-state index >= 15 is 0 Å². The highest BCUT2D eigenvalue weighted by Gasteiger charge is 2.12. The lowest BCUT2D eigenvalue weighted by Gasteiger charge is -2.09. The van der Waals surface area contributed by atoms with Gasteiger partial charge in [0.1, 0.15) is 11.6 Å². The third-order valence-electron chi connectivity index (χ3n) is 4.55. The van der Waals surface area contributed by atoms with Crippen LogP contribution in [0.5, 0.6) is 0 Å². The van der Waals surface area contributed by atoms with Crippen LogP contribution in [0.2, 0.25) is 0 Å². The Kier molecular flexibility index (Phi) is 5.08. The first kappa shape index (κ1) is 18.2. The summed E-state index contributed by atoms with van der Waals surface area (Å²) in [4.78, 5) is 17.2. The average molecular weight is 388 g/mol. The van der Waals surface area contributed by atoms with E-state index in [1.165, 1.54) is 11.1 Å². The summed E-state index contributed by atoms with van der Waals surface area (Å²) in [5.74, 6) is -0.0587. The summed E-state index contributed by atoms with van der Waals surface area (Å²) >= 11 is 1.59. The van der Waals surface area contributed by atoms with E-state index in [0.29, 0.717) is 0 Å². The lowest BCUT2D eigenvalue weighted by Crippen LogP contribution is -2.18. The quantitative estimate of drug-likeness (QED) is 0.489. The molecule has 0 saturated heterocycles. The molecule has 2 aromatic carbocycles. The molecule has 28 heavy (non-hydrogen) atoms. The van der Waals surface area contributed by atoms with E-state index in [2.05, 4.69) is 41.9 Å². The fraction of sp³-hybridized carbons (Fsp3) is 0.130. The van der Waals surface area contributed by atoms with Gasteiger partial charge in [0.05, 0.1) is 11.4 Å². The second-order valence-electron chi connectivity index (χ2n) is 6.84. The third-order valence-corrected chi connectivity index (χ3v) is 5.41. The van der Waals surface area contributed by atoms with E-state index < -0.39 is 0 Å². The minimum atomic E-state index is -0.0587. The molecule has 0 spiro atoms. The zero-order chi connectivity index (χ0) is 19.5. The second kappa shape index (κ2) is 7.82. The number of anilines is 1. The predicted octanol–water partition coefficient (Wildman–Crippen LogP) is 5.53. The number of nitrogens with one attached hydrogen (secondary N) is 1. The van der Waals surface area contributed by atoms with Crippen molar-refractivity contribution in [3.05, 3.63) is 83.4 Å². The van der Waals surface area contributed by atoms with Crippen LogP contribution in [-0.2, 0) is 11.3 Å². The fourth-order valence-corrected chi connectivity index (χ4v) is 3.86. The fourth-order valence-electron chi connectivity index (χ4n) is 2.99. The Labute approximate surface area is 168 Å². The van der Waals surface area contributed by atoms with Crippen LogP contribution < -0.4 is 5.32 Å². The zero-order valence-corrected chi connectivity index (χ0v) is 16.7. The molecule has 0 unspecified atom stereocenters. The third kappa shape index (κ3) is 4.05. The molecule has 2 heterocycles. The van der Waals surface area contributed by atoms with E-state index in [1.807, 2.05) is 54.1 Å². The number of aryl methyl sites for hydroxylation is 2. The molecule has 0 fully saturated rings. The molecule has 1 N–H and O–H groups in total. The van der Waals surface area contributed by atoms with Gasteiger partial charge in [0.15, 0.2) is 0 Å². The van der Waals surface area contributed by atoms with Gasteiger partial charge in [-0.15, -0.1) is 11.3 Å². The molecule has 0 aliphatic heterocycles. The summed E-state index contributed by atoms with van der Waals surface area (Å²) in [5.41, 5.74) is 6.20. The molecule has 4 nitrogen and oxygen atoms in total. The van der Waals surface area contributed by atoms with Crippen molar-refractivity contribution in [3.8, 4) is 22.0 Å². The SMILES string of the molecule is Cc1ccc(NC(=O)Cn2cccc2-c2nc(-c3ccc(C)cc3)cs2)cc1. The molecule has 2 aromatic heterocycles. The number of benzene rings is 2. The number of thiazole rings is 1. The van der Waals surface area contributed by atoms with Gasteiger partial charge in [-0.2, -0.15) is 0 Å². The minimum Gasteiger partial charge on any atom is -0.336 e. The van der Waals surface area contributed by atoms with Crippen molar-refractivity contribution in [3.63, 3.8) is 0 Å². The summed E-state index contributed by atoms with van der Waals surface area (Å²) in [7, 11) is 0. The van der Waals surface area contributed by atoms with Gasteiger partial charge in [-0.3, -0.25) is 4.79 Å². The summed E-state index contributed by atoms with van der Waals surface area (Å²) in [6, 6.07) is 20.1. The number of amides is 1. The van der Waals surface area contributed by atoms with Crippen LogP contribution in [0.15, 0.2) is 72.2 Å². The Morgan fingerprint density at radius 2 is 1.68 bits per heavy atom. The standard InChI is InChI=1S/C23H21N3OS/c1-16-5-9-18(10-6-16)20-15-28-23(25-20)21-4-3-13-26(21)14-22(27)24-19-11-7-17(2)8-12-19/h3-13,15H,14H2,1-2H3,(H,24,27). The molecule has 0 atom stereocenters. The number of hydrogen-bond donors (Lipinski definition) is 1. The molecular weight excluding hydrogens is 366 g/mol. The Morgan fingerprint density at radius 3 is 2.39 bits per heavy atom. The van der Waals surface area contributed by atoms with Crippen LogP contribution in [-0.4, -0.2) is 15.5 Å². The Hall–Kier alpha value is -3.18. The van der Waals surface area contributed by atoms with Crippen molar-refractivity contribution in [1.82, 2.24) is 9.55 Å². The van der Waals surface area contributed by atoms with E-state index in [0.717, 1.165) is 27.6 Å². The zero-order valence-electron chi connectivity index (χ0n) is 15.8. The maximum atomic E-state index is 12.5. The van der Waals surface area contributed by atoms with E-state index in [-0.39, 0.29) is 12.5 Å². The number of hydrogen-bond acceptors (Lipinski definition) is 3. The van der Waals surface area contributed by atoms with Crippen molar-refractivity contribution >= 4 is 22.9 Å². The second-order valence-corrected chi connectivity index (χ2v) is 7.70. The Morgan fingerprint density at radius 1 is 1.00 bits per heavy atom. The molecule has 5 heteroatoms. The topological polar surface area (TPSA) is 46.9 Å². The largest absolute Gasteiger partial charge is 0.336 e. The van der Waals surface area contributed by atoms with Gasteiger partial charge in [-0.1, -0.05) is 47.5 Å². The first-order chi connectivity index (χ1) is 13.6. The molecule has 140 valence electrons. The highest BCUT2D eigenvalue weighted by molar-refractivity contribution is 7.13. The van der Waals surface area contributed by atoms with E-state index in [4.69, 9.17) is 4.98 Å². The number of aromatic nitrogens is 2. The van der Waals surface area contributed by atoms with Crippen molar-refractivity contribution in [2.24, 2.45) is 0 Å². The van der Waals surface area contributed by atoms with Gasteiger partial charge in [-0.25, -0.2) is 4.98 Å². The highest BCUT2D eigenvalue weighted by atomic mass is 32.1. The van der Waals surface area contributed by atoms with Gasteiger partial charge >= 0.3 is 0 Å². The molecule has 1 amide bonds. The first-order valence-electron chi connectivity index (χ1n) is 9.13. The molecular formula is C23H21N3OS. The van der Waals surface area contributed by atoms with E-state index in [1.54, 1.807) is 11.3 Å². The number of rotatable bonds is 5. The summed E-state index contributed by atoms with van der Waals surface area (Å²) in [5, 5.41) is 5.91. The molecule has 0 saturated carbocycles. The van der Waals surface area contributed by atoms with Crippen LogP contribution in [0.25, 0.3) is 22.0 Å². The van der Waals surface area contributed by atoms with Crippen LogP contribution in [0.3, 0.4) is 0 Å². The Bertz CT molecular complexity index is 1090. The van der Waals surface area contributed by atoms with Crippen LogP contribution >= 0.6 is 11.3 Å². The highest BCUT2D eigenvalue weighted by Crippen LogP contribution is 2.29. The smallest absolute Gasteiger partial charge is 0.244 e. The average Bonchev–Trinajstić information content (AvgIpc) is 3.33. The van der Waals surface area contributed by atoms with Crippen LogP contribution in [0.1, 0.15) is 11.1 Å². The molecule has 0 bridgehead atoms. The van der Waals surface area contributed by atoms with Gasteiger partial charge in [0.2, 0.25) is 5.91 Å².